The van der Waals surface area contributed by atoms with Crippen molar-refractivity contribution in [2.75, 3.05) is 44.0 Å². The Labute approximate surface area is 220 Å². The quantitative estimate of drug-likeness (QED) is 0.125. The first-order valence-electron chi connectivity index (χ1n) is 11.4. The molecule has 0 fully saturated rings. The summed E-state index contributed by atoms with van der Waals surface area (Å²) < 4.78 is 10.0. The lowest BCUT2D eigenvalue weighted by atomic mass is 10.0. The van der Waals surface area contributed by atoms with E-state index >= 15 is 0 Å². The average Bonchev–Trinajstić information content (AvgIpc) is 2.91. The smallest absolute Gasteiger partial charge is 0.412 e. The van der Waals surface area contributed by atoms with E-state index in [4.69, 9.17) is 14.3 Å². The van der Waals surface area contributed by atoms with Crippen molar-refractivity contribution >= 4 is 41.9 Å². The molecule has 0 radical (unpaired) electrons. The lowest BCUT2D eigenvalue weighted by molar-refractivity contribution is -0.130. The molecule has 38 heavy (non-hydrogen) atoms. The third kappa shape index (κ3) is 8.54. The Kier molecular flexibility index (Phi) is 11.6. The van der Waals surface area contributed by atoms with Crippen molar-refractivity contribution in [2.24, 2.45) is 0 Å². The van der Waals surface area contributed by atoms with E-state index in [2.05, 4.69) is 17.2 Å². The van der Waals surface area contributed by atoms with Crippen LogP contribution in [0.3, 0.4) is 0 Å². The molecule has 0 bridgehead atoms. The second-order valence-electron chi connectivity index (χ2n) is 7.93. The van der Waals surface area contributed by atoms with Crippen LogP contribution in [-0.4, -0.2) is 69.0 Å². The van der Waals surface area contributed by atoms with Crippen molar-refractivity contribution in [2.45, 2.75) is 13.8 Å². The highest BCUT2D eigenvalue weighted by Crippen LogP contribution is 2.24. The minimum absolute atomic E-state index is 0.0727. The van der Waals surface area contributed by atoms with Gasteiger partial charge in [0.05, 0.1) is 18.6 Å². The van der Waals surface area contributed by atoms with Crippen molar-refractivity contribution in [1.82, 2.24) is 10.2 Å². The van der Waals surface area contributed by atoms with E-state index in [9.17, 15) is 24.0 Å². The van der Waals surface area contributed by atoms with Gasteiger partial charge in [-0.25, -0.2) is 4.79 Å². The lowest BCUT2D eigenvalue weighted by Gasteiger charge is -2.22. The normalized spacial score (nSPS) is 10.2. The van der Waals surface area contributed by atoms with Crippen molar-refractivity contribution in [3.8, 4) is 0 Å². The second kappa shape index (κ2) is 14.9. The summed E-state index contributed by atoms with van der Waals surface area (Å²) in [6.07, 6.45) is 1.47. The largest absolute Gasteiger partial charge is 0.492 e. The molecule has 0 unspecified atom stereocenters. The molecule has 12 heteroatoms. The van der Waals surface area contributed by atoms with Crippen LogP contribution in [0.4, 0.5) is 16.2 Å². The minimum Gasteiger partial charge on any atom is -0.492 e. The van der Waals surface area contributed by atoms with Gasteiger partial charge in [0.15, 0.2) is 6.61 Å². The van der Waals surface area contributed by atoms with E-state index in [0.717, 1.165) is 16.9 Å². The van der Waals surface area contributed by atoms with Crippen LogP contribution >= 0.6 is 0 Å². The molecule has 12 nitrogen and oxygen atoms in total. The number of carbonyl (C=O) groups is 5. The Morgan fingerprint density at radius 1 is 1.05 bits per heavy atom. The van der Waals surface area contributed by atoms with Crippen LogP contribution in [0, 0.1) is 13.8 Å². The van der Waals surface area contributed by atoms with Crippen LogP contribution in [-0.2, 0) is 23.9 Å². The molecule has 0 saturated heterocycles. The summed E-state index contributed by atoms with van der Waals surface area (Å²) in [6.45, 7) is 6.00. The predicted molar refractivity (Wildman–Crippen MR) is 138 cm³/mol. The number of aryl methyl sites for hydroxylation is 2. The predicted octanol–water partition coefficient (Wildman–Crippen LogP) is 2.56. The Morgan fingerprint density at radius 3 is 2.47 bits per heavy atom. The van der Waals surface area contributed by atoms with Gasteiger partial charge in [-0.2, -0.15) is 5.06 Å². The van der Waals surface area contributed by atoms with Gasteiger partial charge in [0.2, 0.25) is 0 Å². The molecular weight excluding hydrogens is 496 g/mol. The molecule has 2 N–H and O–H groups in total. The van der Waals surface area contributed by atoms with Crippen LogP contribution in [0.15, 0.2) is 49.2 Å². The number of ether oxygens (including phenoxy) is 2. The Hall–Kier alpha value is -4.55. The van der Waals surface area contributed by atoms with Crippen LogP contribution in [0.25, 0.3) is 0 Å². The molecule has 0 atom stereocenters. The molecule has 3 amide bonds. The topological polar surface area (TPSA) is 144 Å². The number of rotatable bonds is 14. The highest BCUT2D eigenvalue weighted by Gasteiger charge is 2.19. The molecule has 0 spiro atoms. The molecule has 0 saturated carbocycles. The molecular formula is C26H30N4O8. The molecule has 0 aliphatic heterocycles. The molecule has 0 aromatic heterocycles. The maximum absolute atomic E-state index is 12.7. The number of nitrogens with one attached hydrogen (secondary N) is 2. The summed E-state index contributed by atoms with van der Waals surface area (Å²) in [6, 6.07) is 9.54. The summed E-state index contributed by atoms with van der Waals surface area (Å²) in [4.78, 5) is 65.7. The number of amides is 3. The van der Waals surface area contributed by atoms with E-state index in [0.29, 0.717) is 35.0 Å². The summed E-state index contributed by atoms with van der Waals surface area (Å²) in [7, 11) is 1.57. The standard InChI is InChI=1S/C26H30N4O8/c1-5-36-15-24(33)30(38-11-10-31)21-9-7-19(3)23(13-21)28-26(35)37-17-27-16-29(4)25(34)22-12-20(14-32)8-6-18(22)2/h5-10,12-14,27H,1,11,15-17H2,2-4H3,(H,28,35). The van der Waals surface area contributed by atoms with Gasteiger partial charge in [-0.1, -0.05) is 24.8 Å². The van der Waals surface area contributed by atoms with Gasteiger partial charge in [0.1, 0.15) is 25.9 Å². The van der Waals surface area contributed by atoms with Gasteiger partial charge in [-0.15, -0.1) is 0 Å². The Balaban J connectivity index is 1.94. The van der Waals surface area contributed by atoms with Gasteiger partial charge in [0, 0.05) is 23.9 Å². The molecule has 0 aliphatic rings. The van der Waals surface area contributed by atoms with E-state index < -0.39 is 12.0 Å². The Bertz CT molecular complexity index is 1180. The monoisotopic (exact) mass is 526 g/mol. The molecule has 0 heterocycles. The fourth-order valence-corrected chi connectivity index (χ4v) is 3.15. The van der Waals surface area contributed by atoms with Gasteiger partial charge in [0.25, 0.3) is 11.8 Å². The summed E-state index contributed by atoms with van der Waals surface area (Å²) in [5.41, 5.74) is 2.77. The first-order chi connectivity index (χ1) is 18.2. The fourth-order valence-electron chi connectivity index (χ4n) is 3.15. The SMILES string of the molecule is C=COCC(=O)N(OCC=O)c1ccc(C)c(NC(=O)OCNCN(C)C(=O)c2cc(C=O)ccc2C)c1. The van der Waals surface area contributed by atoms with E-state index in [1.165, 1.54) is 17.0 Å². The average molecular weight is 527 g/mol. The van der Waals surface area contributed by atoms with Crippen molar-refractivity contribution in [3.05, 3.63) is 71.5 Å². The van der Waals surface area contributed by atoms with E-state index in [1.807, 2.05) is 0 Å². The van der Waals surface area contributed by atoms with Crippen LogP contribution < -0.4 is 15.7 Å². The lowest BCUT2D eigenvalue weighted by Crippen LogP contribution is -2.38. The number of nitrogens with zero attached hydrogens (tertiary/aromatic N) is 2. The Morgan fingerprint density at radius 2 is 1.79 bits per heavy atom. The maximum Gasteiger partial charge on any atom is 0.412 e. The molecule has 2 rings (SSSR count). The summed E-state index contributed by atoms with van der Waals surface area (Å²) in [5, 5.41) is 6.29. The first-order valence-corrected chi connectivity index (χ1v) is 11.4. The number of aldehydes is 2. The number of hydrogen-bond donors (Lipinski definition) is 2. The van der Waals surface area contributed by atoms with Crippen LogP contribution in [0.5, 0.6) is 0 Å². The molecule has 2 aromatic rings. The molecule has 202 valence electrons. The number of hydrogen-bond acceptors (Lipinski definition) is 9. The zero-order valence-corrected chi connectivity index (χ0v) is 21.4. The van der Waals surface area contributed by atoms with E-state index in [1.54, 1.807) is 45.2 Å². The number of hydroxylamine groups is 1. The highest BCUT2D eigenvalue weighted by molar-refractivity contribution is 5.97. The number of anilines is 2. The van der Waals surface area contributed by atoms with Crippen molar-refractivity contribution < 1.29 is 38.3 Å². The van der Waals surface area contributed by atoms with Gasteiger partial charge in [-0.05, 0) is 43.2 Å². The van der Waals surface area contributed by atoms with Gasteiger partial charge < -0.3 is 19.2 Å². The summed E-state index contributed by atoms with van der Waals surface area (Å²) in [5.74, 6) is -0.898. The molecule has 0 aliphatic carbocycles. The molecule has 2 aromatic carbocycles. The van der Waals surface area contributed by atoms with Gasteiger partial charge >= 0.3 is 6.09 Å². The third-order valence-electron chi connectivity index (χ3n) is 5.14. The summed E-state index contributed by atoms with van der Waals surface area (Å²) >= 11 is 0. The fraction of sp³-hybridized carbons (Fsp3) is 0.269. The third-order valence-corrected chi connectivity index (χ3v) is 5.14. The van der Waals surface area contributed by atoms with Gasteiger partial charge in [-0.3, -0.25) is 29.9 Å². The van der Waals surface area contributed by atoms with Crippen molar-refractivity contribution in [1.29, 1.82) is 0 Å². The zero-order chi connectivity index (χ0) is 28.1. The van der Waals surface area contributed by atoms with Crippen LogP contribution in [0.1, 0.15) is 31.8 Å². The van der Waals surface area contributed by atoms with Crippen molar-refractivity contribution in [3.63, 3.8) is 0 Å². The highest BCUT2D eigenvalue weighted by atomic mass is 16.7. The first kappa shape index (κ1) is 29.7. The maximum atomic E-state index is 12.7. The number of benzene rings is 2. The number of carbonyl (C=O) groups excluding carboxylic acids is 5. The second-order valence-corrected chi connectivity index (χ2v) is 7.93. The van der Waals surface area contributed by atoms with Crippen LogP contribution in [0.2, 0.25) is 0 Å². The zero-order valence-electron chi connectivity index (χ0n) is 21.4. The minimum atomic E-state index is -0.789. The van der Waals surface area contributed by atoms with E-state index in [-0.39, 0.29) is 38.2 Å².